The molecule has 2 aromatic carbocycles. The molecule has 112 valence electrons. The van der Waals surface area contributed by atoms with Crippen LogP contribution in [0.2, 0.25) is 0 Å². The Morgan fingerprint density at radius 1 is 1.09 bits per heavy atom. The van der Waals surface area contributed by atoms with E-state index in [-0.39, 0.29) is 17.3 Å². The first-order valence-electron chi connectivity index (χ1n) is 6.71. The van der Waals surface area contributed by atoms with Crippen LogP contribution >= 0.6 is 11.8 Å². The van der Waals surface area contributed by atoms with E-state index in [4.69, 9.17) is 0 Å². The van der Waals surface area contributed by atoms with Gasteiger partial charge in [0.15, 0.2) is 5.50 Å². The third kappa shape index (κ3) is 3.59. The van der Waals surface area contributed by atoms with Gasteiger partial charge >= 0.3 is 6.03 Å². The standard InChI is InChI=1S/C16H14FN3OS/c17-12-6-8-13(9-7-12)18-15(21)20-16-19-14(10-22-16)11-4-2-1-3-5-11/h1-10,16,19H,(H2,18,20,21). The van der Waals surface area contributed by atoms with Crippen molar-refractivity contribution in [3.05, 3.63) is 71.4 Å². The van der Waals surface area contributed by atoms with Crippen LogP contribution in [0.5, 0.6) is 0 Å². The molecule has 0 bridgehead atoms. The van der Waals surface area contributed by atoms with Crippen molar-refractivity contribution in [2.75, 3.05) is 5.32 Å². The van der Waals surface area contributed by atoms with Gasteiger partial charge in [-0.1, -0.05) is 42.1 Å². The van der Waals surface area contributed by atoms with E-state index >= 15 is 0 Å². The summed E-state index contributed by atoms with van der Waals surface area (Å²) in [5.41, 5.74) is 2.34. The van der Waals surface area contributed by atoms with Gasteiger partial charge in [-0.2, -0.15) is 0 Å². The fourth-order valence-corrected chi connectivity index (χ4v) is 2.85. The highest BCUT2D eigenvalue weighted by molar-refractivity contribution is 8.03. The molecule has 3 N–H and O–H groups in total. The predicted molar refractivity (Wildman–Crippen MR) is 87.5 cm³/mol. The van der Waals surface area contributed by atoms with Gasteiger partial charge < -0.3 is 16.0 Å². The van der Waals surface area contributed by atoms with Gasteiger partial charge in [0, 0.05) is 5.69 Å². The number of urea groups is 1. The SMILES string of the molecule is O=C(Nc1ccc(F)cc1)NC1NC(c2ccccc2)=CS1. The summed E-state index contributed by atoms with van der Waals surface area (Å²) in [7, 11) is 0. The normalized spacial score (nSPS) is 16.6. The quantitative estimate of drug-likeness (QED) is 0.811. The number of halogens is 1. The molecule has 6 heteroatoms. The molecule has 3 rings (SSSR count). The van der Waals surface area contributed by atoms with E-state index in [0.29, 0.717) is 5.69 Å². The molecule has 0 aliphatic carbocycles. The monoisotopic (exact) mass is 315 g/mol. The number of nitrogens with one attached hydrogen (secondary N) is 3. The summed E-state index contributed by atoms with van der Waals surface area (Å²) in [5.74, 6) is -0.337. The van der Waals surface area contributed by atoms with Crippen LogP contribution in [0.15, 0.2) is 60.0 Å². The average Bonchev–Trinajstić information content (AvgIpc) is 2.99. The van der Waals surface area contributed by atoms with Crippen molar-refractivity contribution in [1.82, 2.24) is 10.6 Å². The molecule has 0 aromatic heterocycles. The Balaban J connectivity index is 1.53. The number of benzene rings is 2. The van der Waals surface area contributed by atoms with Crippen molar-refractivity contribution in [2.24, 2.45) is 0 Å². The molecule has 1 unspecified atom stereocenters. The lowest BCUT2D eigenvalue weighted by Gasteiger charge is -2.15. The van der Waals surface area contributed by atoms with E-state index in [1.54, 1.807) is 0 Å². The lowest BCUT2D eigenvalue weighted by atomic mass is 10.2. The summed E-state index contributed by atoms with van der Waals surface area (Å²) in [6.07, 6.45) is 0. The molecular formula is C16H14FN3OS. The molecule has 0 radical (unpaired) electrons. The fourth-order valence-electron chi connectivity index (χ4n) is 2.00. The Morgan fingerprint density at radius 3 is 2.55 bits per heavy atom. The summed E-state index contributed by atoms with van der Waals surface area (Å²) in [6.45, 7) is 0. The molecule has 22 heavy (non-hydrogen) atoms. The zero-order valence-electron chi connectivity index (χ0n) is 11.5. The van der Waals surface area contributed by atoms with Crippen molar-refractivity contribution < 1.29 is 9.18 Å². The summed E-state index contributed by atoms with van der Waals surface area (Å²) < 4.78 is 12.8. The second-order valence-corrected chi connectivity index (χ2v) is 5.64. The predicted octanol–water partition coefficient (Wildman–Crippen LogP) is 3.57. The molecule has 1 atom stereocenters. The molecule has 0 saturated carbocycles. The van der Waals surface area contributed by atoms with Crippen LogP contribution in [0.4, 0.5) is 14.9 Å². The molecule has 1 heterocycles. The van der Waals surface area contributed by atoms with Crippen molar-refractivity contribution in [3.63, 3.8) is 0 Å². The Morgan fingerprint density at radius 2 is 1.82 bits per heavy atom. The van der Waals surface area contributed by atoms with Gasteiger partial charge in [0.05, 0.1) is 5.70 Å². The zero-order valence-corrected chi connectivity index (χ0v) is 12.4. The number of hydrogen-bond donors (Lipinski definition) is 3. The fraction of sp³-hybridized carbons (Fsp3) is 0.0625. The molecule has 1 aliphatic heterocycles. The summed E-state index contributed by atoms with van der Waals surface area (Å²) >= 11 is 1.48. The average molecular weight is 315 g/mol. The number of carbonyl (C=O) groups excluding carboxylic acids is 1. The van der Waals surface area contributed by atoms with Gasteiger partial charge in [-0.15, -0.1) is 0 Å². The van der Waals surface area contributed by atoms with E-state index in [1.165, 1.54) is 36.0 Å². The van der Waals surface area contributed by atoms with E-state index < -0.39 is 0 Å². The molecule has 2 aromatic rings. The second-order valence-electron chi connectivity index (χ2n) is 4.66. The minimum absolute atomic E-state index is 0.240. The van der Waals surface area contributed by atoms with Gasteiger partial charge in [0.1, 0.15) is 5.82 Å². The van der Waals surface area contributed by atoms with Crippen LogP contribution in [0, 0.1) is 5.82 Å². The summed E-state index contributed by atoms with van der Waals surface area (Å²) in [5, 5.41) is 10.7. The van der Waals surface area contributed by atoms with Crippen molar-refractivity contribution >= 4 is 29.2 Å². The van der Waals surface area contributed by atoms with Gasteiger partial charge in [-0.25, -0.2) is 9.18 Å². The first-order chi connectivity index (χ1) is 10.7. The largest absolute Gasteiger partial charge is 0.356 e. The molecule has 1 aliphatic rings. The van der Waals surface area contributed by atoms with E-state index in [9.17, 15) is 9.18 Å². The lowest BCUT2D eigenvalue weighted by molar-refractivity contribution is 0.251. The Labute approximate surface area is 131 Å². The van der Waals surface area contributed by atoms with Gasteiger partial charge in [-0.3, -0.25) is 0 Å². The van der Waals surface area contributed by atoms with E-state index in [0.717, 1.165) is 11.3 Å². The third-order valence-corrected chi connectivity index (χ3v) is 3.94. The zero-order chi connectivity index (χ0) is 15.4. The van der Waals surface area contributed by atoms with Crippen molar-refractivity contribution in [2.45, 2.75) is 5.50 Å². The molecular weight excluding hydrogens is 301 g/mol. The van der Waals surface area contributed by atoms with Crippen LogP contribution in [0.25, 0.3) is 5.70 Å². The van der Waals surface area contributed by atoms with Crippen molar-refractivity contribution in [3.8, 4) is 0 Å². The lowest BCUT2D eigenvalue weighted by Crippen LogP contribution is -2.42. The molecule has 0 saturated heterocycles. The number of thioether (sulfide) groups is 1. The number of hydrogen-bond acceptors (Lipinski definition) is 3. The second kappa shape index (κ2) is 6.53. The maximum atomic E-state index is 12.8. The maximum absolute atomic E-state index is 12.8. The summed E-state index contributed by atoms with van der Waals surface area (Å²) in [4.78, 5) is 11.9. The highest BCUT2D eigenvalue weighted by atomic mass is 32.2. The molecule has 4 nitrogen and oxygen atoms in total. The molecule has 0 spiro atoms. The minimum atomic E-state index is -0.348. The van der Waals surface area contributed by atoms with Crippen LogP contribution in [-0.4, -0.2) is 11.5 Å². The number of rotatable bonds is 3. The minimum Gasteiger partial charge on any atom is -0.356 e. The molecule has 0 fully saturated rings. The summed E-state index contributed by atoms with van der Waals surface area (Å²) in [6, 6.07) is 15.2. The van der Waals surface area contributed by atoms with E-state index in [2.05, 4.69) is 16.0 Å². The Bertz CT molecular complexity index is 688. The van der Waals surface area contributed by atoms with Gasteiger partial charge in [0.2, 0.25) is 0 Å². The highest BCUT2D eigenvalue weighted by Crippen LogP contribution is 2.25. The van der Waals surface area contributed by atoms with Gasteiger partial charge in [0.25, 0.3) is 0 Å². The smallest absolute Gasteiger partial charge is 0.321 e. The van der Waals surface area contributed by atoms with Crippen LogP contribution in [-0.2, 0) is 0 Å². The number of carbonyl (C=O) groups is 1. The third-order valence-electron chi connectivity index (χ3n) is 3.06. The topological polar surface area (TPSA) is 53.2 Å². The first-order valence-corrected chi connectivity index (χ1v) is 7.66. The number of amides is 2. The van der Waals surface area contributed by atoms with Crippen molar-refractivity contribution in [1.29, 1.82) is 0 Å². The maximum Gasteiger partial charge on any atom is 0.321 e. The van der Waals surface area contributed by atoms with Crippen LogP contribution in [0.1, 0.15) is 5.56 Å². The van der Waals surface area contributed by atoms with Crippen LogP contribution < -0.4 is 16.0 Å². The molecule has 2 amide bonds. The first kappa shape index (κ1) is 14.5. The highest BCUT2D eigenvalue weighted by Gasteiger charge is 2.19. The van der Waals surface area contributed by atoms with E-state index in [1.807, 2.05) is 35.7 Å². The van der Waals surface area contributed by atoms with Crippen LogP contribution in [0.3, 0.4) is 0 Å². The Kier molecular flexibility index (Phi) is 4.29. The van der Waals surface area contributed by atoms with Gasteiger partial charge in [-0.05, 0) is 35.2 Å². The Hall–Kier alpha value is -2.47. The number of anilines is 1.